The molecule has 0 bridgehead atoms. The molecule has 0 atom stereocenters. The summed E-state index contributed by atoms with van der Waals surface area (Å²) in [5, 5.41) is 0. The Morgan fingerprint density at radius 2 is 2.05 bits per heavy atom. The fourth-order valence-corrected chi connectivity index (χ4v) is 1.98. The number of nitrogens with two attached hydrogens (primary N) is 1. The van der Waals surface area contributed by atoms with Gasteiger partial charge in [-0.2, -0.15) is 0 Å². The van der Waals surface area contributed by atoms with Crippen LogP contribution >= 0.6 is 0 Å². The Bertz CT molecular complexity index is 596. The van der Waals surface area contributed by atoms with E-state index in [2.05, 4.69) is 4.98 Å². The van der Waals surface area contributed by atoms with Gasteiger partial charge >= 0.3 is 0 Å². The van der Waals surface area contributed by atoms with E-state index in [0.717, 1.165) is 17.8 Å². The van der Waals surface area contributed by atoms with Crippen molar-refractivity contribution >= 4 is 0 Å². The van der Waals surface area contributed by atoms with Crippen LogP contribution in [0.15, 0.2) is 18.5 Å². The van der Waals surface area contributed by atoms with Crippen LogP contribution in [0, 0.1) is 11.6 Å². The molecule has 6 heteroatoms. The first-order valence-electron chi connectivity index (χ1n) is 5.82. The van der Waals surface area contributed by atoms with Crippen LogP contribution in [0.2, 0.25) is 0 Å². The number of benzene rings is 1. The predicted octanol–water partition coefficient (Wildman–Crippen LogP) is 1.88. The maximum atomic E-state index is 14.0. The highest BCUT2D eigenvalue weighted by Crippen LogP contribution is 2.30. The summed E-state index contributed by atoms with van der Waals surface area (Å²) in [6, 6.07) is 2.11. The van der Waals surface area contributed by atoms with Crippen LogP contribution in [0.5, 0.6) is 5.75 Å². The molecule has 0 saturated carbocycles. The third kappa shape index (κ3) is 2.44. The SMILES string of the molecule is COc1cc(F)c(-c2ncn(C)c2CCN)cc1F. The number of halogens is 2. The van der Waals surface area contributed by atoms with E-state index in [-0.39, 0.29) is 11.3 Å². The van der Waals surface area contributed by atoms with Gasteiger partial charge in [-0.05, 0) is 12.6 Å². The van der Waals surface area contributed by atoms with Crippen molar-refractivity contribution < 1.29 is 13.5 Å². The summed E-state index contributed by atoms with van der Waals surface area (Å²) >= 11 is 0. The van der Waals surface area contributed by atoms with Gasteiger partial charge in [-0.25, -0.2) is 13.8 Å². The second kappa shape index (κ2) is 5.36. The Labute approximate surface area is 109 Å². The molecule has 4 nitrogen and oxygen atoms in total. The number of hydrogen-bond donors (Lipinski definition) is 1. The minimum atomic E-state index is -0.622. The standard InChI is InChI=1S/C13H15F2N3O/c1-18-7-17-13(11(18)3-4-16)8-5-10(15)12(19-2)6-9(8)14/h5-7H,3-4,16H2,1-2H3. The zero-order valence-corrected chi connectivity index (χ0v) is 10.8. The van der Waals surface area contributed by atoms with Gasteiger partial charge in [0.05, 0.1) is 19.1 Å². The minimum Gasteiger partial charge on any atom is -0.494 e. The summed E-state index contributed by atoms with van der Waals surface area (Å²) in [6.07, 6.45) is 2.10. The Kier molecular flexibility index (Phi) is 3.80. The highest BCUT2D eigenvalue weighted by atomic mass is 19.1. The van der Waals surface area contributed by atoms with Crippen LogP contribution in [-0.2, 0) is 13.5 Å². The van der Waals surface area contributed by atoms with Gasteiger partial charge in [0.25, 0.3) is 0 Å². The zero-order chi connectivity index (χ0) is 14.0. The largest absolute Gasteiger partial charge is 0.494 e. The molecule has 1 aromatic heterocycles. The van der Waals surface area contributed by atoms with Crippen molar-refractivity contribution in [3.8, 4) is 17.0 Å². The van der Waals surface area contributed by atoms with Crippen molar-refractivity contribution in [3.63, 3.8) is 0 Å². The fourth-order valence-electron chi connectivity index (χ4n) is 1.98. The van der Waals surface area contributed by atoms with E-state index in [1.54, 1.807) is 17.9 Å². The number of aromatic nitrogens is 2. The molecule has 0 spiro atoms. The smallest absolute Gasteiger partial charge is 0.165 e. The molecule has 0 aliphatic carbocycles. The van der Waals surface area contributed by atoms with Crippen molar-refractivity contribution in [2.45, 2.75) is 6.42 Å². The van der Waals surface area contributed by atoms with E-state index < -0.39 is 11.6 Å². The number of nitrogens with zero attached hydrogens (tertiary/aromatic N) is 2. The molecule has 102 valence electrons. The van der Waals surface area contributed by atoms with Crippen LogP contribution in [0.4, 0.5) is 8.78 Å². The van der Waals surface area contributed by atoms with Crippen molar-refractivity contribution in [3.05, 3.63) is 35.8 Å². The third-order valence-corrected chi connectivity index (χ3v) is 2.94. The lowest BCUT2D eigenvalue weighted by Crippen LogP contribution is -2.07. The topological polar surface area (TPSA) is 53.1 Å². The Morgan fingerprint density at radius 3 is 2.68 bits per heavy atom. The Morgan fingerprint density at radius 1 is 1.32 bits per heavy atom. The summed E-state index contributed by atoms with van der Waals surface area (Å²) in [6.45, 7) is 0.410. The van der Waals surface area contributed by atoms with Gasteiger partial charge in [-0.3, -0.25) is 0 Å². The molecule has 2 N–H and O–H groups in total. The second-order valence-electron chi connectivity index (χ2n) is 4.16. The predicted molar refractivity (Wildman–Crippen MR) is 67.9 cm³/mol. The molecule has 0 amide bonds. The quantitative estimate of drug-likeness (QED) is 0.920. The van der Waals surface area contributed by atoms with Gasteiger partial charge in [0, 0.05) is 30.8 Å². The van der Waals surface area contributed by atoms with Gasteiger partial charge < -0.3 is 15.0 Å². The number of methoxy groups -OCH3 is 1. The van der Waals surface area contributed by atoms with Crippen molar-refractivity contribution in [2.24, 2.45) is 12.8 Å². The monoisotopic (exact) mass is 267 g/mol. The molecule has 0 aliphatic rings. The first-order chi connectivity index (χ1) is 9.08. The molecule has 1 aromatic carbocycles. The fraction of sp³-hybridized carbons (Fsp3) is 0.308. The molecule has 2 aromatic rings. The molecule has 2 rings (SSSR count). The molecule has 19 heavy (non-hydrogen) atoms. The summed E-state index contributed by atoms with van der Waals surface area (Å²) in [5.41, 5.74) is 6.81. The number of aryl methyl sites for hydroxylation is 1. The number of imidazole rings is 1. The average Bonchev–Trinajstić information content (AvgIpc) is 2.74. The molecular formula is C13H15F2N3O. The number of rotatable bonds is 4. The lowest BCUT2D eigenvalue weighted by Gasteiger charge is -2.08. The maximum Gasteiger partial charge on any atom is 0.165 e. The summed E-state index contributed by atoms with van der Waals surface area (Å²) < 4.78 is 34.2. The number of hydrogen-bond acceptors (Lipinski definition) is 3. The Balaban J connectivity index is 2.56. The highest BCUT2D eigenvalue weighted by Gasteiger charge is 2.17. The maximum absolute atomic E-state index is 14.0. The van der Waals surface area contributed by atoms with Crippen LogP contribution in [0.1, 0.15) is 5.69 Å². The average molecular weight is 267 g/mol. The van der Waals surface area contributed by atoms with E-state index in [0.29, 0.717) is 18.7 Å². The Hall–Kier alpha value is -1.95. The first kappa shape index (κ1) is 13.5. The first-order valence-corrected chi connectivity index (χ1v) is 5.82. The van der Waals surface area contributed by atoms with Gasteiger partial charge in [0.2, 0.25) is 0 Å². The summed E-state index contributed by atoms with van der Waals surface area (Å²) in [5.74, 6) is -1.32. The van der Waals surface area contributed by atoms with E-state index >= 15 is 0 Å². The van der Waals surface area contributed by atoms with Crippen molar-refractivity contribution in [2.75, 3.05) is 13.7 Å². The van der Waals surface area contributed by atoms with Crippen LogP contribution < -0.4 is 10.5 Å². The van der Waals surface area contributed by atoms with Gasteiger partial charge in [0.15, 0.2) is 11.6 Å². The summed E-state index contributed by atoms with van der Waals surface area (Å²) in [7, 11) is 3.08. The third-order valence-electron chi connectivity index (χ3n) is 2.94. The van der Waals surface area contributed by atoms with E-state index in [1.807, 2.05) is 0 Å². The molecule has 0 radical (unpaired) electrons. The second-order valence-corrected chi connectivity index (χ2v) is 4.16. The lowest BCUT2D eigenvalue weighted by molar-refractivity contribution is 0.383. The van der Waals surface area contributed by atoms with Crippen LogP contribution in [0.3, 0.4) is 0 Å². The molecule has 0 aliphatic heterocycles. The van der Waals surface area contributed by atoms with Gasteiger partial charge in [-0.15, -0.1) is 0 Å². The van der Waals surface area contributed by atoms with Gasteiger partial charge in [-0.1, -0.05) is 0 Å². The van der Waals surface area contributed by atoms with Crippen LogP contribution in [0.25, 0.3) is 11.3 Å². The lowest BCUT2D eigenvalue weighted by atomic mass is 10.1. The van der Waals surface area contributed by atoms with E-state index in [9.17, 15) is 8.78 Å². The summed E-state index contributed by atoms with van der Waals surface area (Å²) in [4.78, 5) is 4.12. The zero-order valence-electron chi connectivity index (χ0n) is 10.8. The van der Waals surface area contributed by atoms with Gasteiger partial charge in [0.1, 0.15) is 5.82 Å². The molecular weight excluding hydrogens is 252 g/mol. The molecule has 1 heterocycles. The van der Waals surface area contributed by atoms with E-state index in [1.165, 1.54) is 7.11 Å². The van der Waals surface area contributed by atoms with Crippen molar-refractivity contribution in [1.29, 1.82) is 0 Å². The molecule has 0 saturated heterocycles. The van der Waals surface area contributed by atoms with E-state index in [4.69, 9.17) is 10.5 Å². The minimum absolute atomic E-state index is 0.113. The van der Waals surface area contributed by atoms with Crippen LogP contribution in [-0.4, -0.2) is 23.2 Å². The number of ether oxygens (including phenoxy) is 1. The molecule has 0 unspecified atom stereocenters. The molecule has 0 fully saturated rings. The highest BCUT2D eigenvalue weighted by molar-refractivity contribution is 5.64. The normalized spacial score (nSPS) is 10.8. The van der Waals surface area contributed by atoms with Crippen molar-refractivity contribution in [1.82, 2.24) is 9.55 Å².